The van der Waals surface area contributed by atoms with Gasteiger partial charge < -0.3 is 4.74 Å². The molecule has 0 bridgehead atoms. The van der Waals surface area contributed by atoms with E-state index in [1.54, 1.807) is 0 Å². The van der Waals surface area contributed by atoms with Crippen LogP contribution < -0.4 is 0 Å². The van der Waals surface area contributed by atoms with Gasteiger partial charge in [0.1, 0.15) is 5.02 Å². The van der Waals surface area contributed by atoms with Gasteiger partial charge in [0.15, 0.2) is 0 Å². The maximum absolute atomic E-state index is 11.9. The van der Waals surface area contributed by atoms with Crippen molar-refractivity contribution in [2.45, 2.75) is 13.2 Å². The maximum atomic E-state index is 11.9. The van der Waals surface area contributed by atoms with Crippen LogP contribution >= 0.6 is 11.6 Å². The highest BCUT2D eigenvalue weighted by Gasteiger charge is 2.34. The molecule has 27 heavy (non-hydrogen) atoms. The smallest absolute Gasteiger partial charge is 0.288 e. The van der Waals surface area contributed by atoms with Gasteiger partial charge in [0.25, 0.3) is 11.4 Å². The van der Waals surface area contributed by atoms with E-state index in [1.165, 1.54) is 49.4 Å². The van der Waals surface area contributed by atoms with Crippen molar-refractivity contribution < 1.29 is 19.4 Å². The molecule has 0 radical (unpaired) electrons. The fourth-order valence-electron chi connectivity index (χ4n) is 2.48. The number of hydrogen-bond acceptors (Lipinski definition) is 7. The average molecular weight is 391 g/mol. The SMILES string of the molecule is CC(=O)N1N=C(c2cccc([N+](=O)[O-])c2)OC1c1ccc(Cl)c([N+](=O)[O-])c1. The first-order valence-corrected chi connectivity index (χ1v) is 7.89. The first-order valence-electron chi connectivity index (χ1n) is 7.51. The summed E-state index contributed by atoms with van der Waals surface area (Å²) in [4.78, 5) is 32.8. The number of carbonyl (C=O) groups excluding carboxylic acids is 1. The third kappa shape index (κ3) is 3.55. The summed E-state index contributed by atoms with van der Waals surface area (Å²) in [6, 6.07) is 9.54. The van der Waals surface area contributed by atoms with E-state index in [2.05, 4.69) is 5.10 Å². The molecule has 1 heterocycles. The Hall–Kier alpha value is -3.53. The highest BCUT2D eigenvalue weighted by atomic mass is 35.5. The van der Waals surface area contributed by atoms with Gasteiger partial charge >= 0.3 is 0 Å². The second-order valence-corrected chi connectivity index (χ2v) is 5.92. The van der Waals surface area contributed by atoms with E-state index in [0.29, 0.717) is 5.56 Å². The molecule has 10 nitrogen and oxygen atoms in total. The van der Waals surface area contributed by atoms with Gasteiger partial charge in [-0.1, -0.05) is 23.7 Å². The number of hydrogen-bond donors (Lipinski definition) is 0. The first kappa shape index (κ1) is 18.3. The average Bonchev–Trinajstić information content (AvgIpc) is 3.07. The number of hydrazone groups is 1. The van der Waals surface area contributed by atoms with E-state index in [9.17, 15) is 25.0 Å². The Labute approximate surface area is 156 Å². The van der Waals surface area contributed by atoms with Crippen molar-refractivity contribution in [2.24, 2.45) is 5.10 Å². The van der Waals surface area contributed by atoms with Gasteiger partial charge in [0, 0.05) is 36.2 Å². The molecule has 0 aromatic heterocycles. The summed E-state index contributed by atoms with van der Waals surface area (Å²) >= 11 is 5.81. The molecule has 0 saturated carbocycles. The van der Waals surface area contributed by atoms with Crippen molar-refractivity contribution in [3.63, 3.8) is 0 Å². The van der Waals surface area contributed by atoms with E-state index in [0.717, 1.165) is 5.01 Å². The number of nitro groups is 2. The van der Waals surface area contributed by atoms with Crippen LogP contribution in [0.4, 0.5) is 11.4 Å². The second kappa shape index (κ2) is 7.00. The second-order valence-electron chi connectivity index (χ2n) is 5.51. The third-order valence-electron chi connectivity index (χ3n) is 3.72. The largest absolute Gasteiger partial charge is 0.446 e. The number of non-ortho nitro benzene ring substituents is 1. The lowest BCUT2D eigenvalue weighted by Gasteiger charge is -2.19. The van der Waals surface area contributed by atoms with E-state index < -0.39 is 22.0 Å². The van der Waals surface area contributed by atoms with Crippen LogP contribution in [0.1, 0.15) is 24.3 Å². The Morgan fingerprint density at radius 2 is 1.93 bits per heavy atom. The topological polar surface area (TPSA) is 128 Å². The molecule has 1 aliphatic heterocycles. The standard InChI is InChI=1S/C16H11ClN4O6/c1-9(22)19-16(11-5-6-13(17)14(8-11)21(25)26)27-15(18-19)10-3-2-4-12(7-10)20(23)24/h2-8,16H,1H3. The summed E-state index contributed by atoms with van der Waals surface area (Å²) in [6.45, 7) is 1.25. The molecule has 3 rings (SSSR count). The summed E-state index contributed by atoms with van der Waals surface area (Å²) in [7, 11) is 0. The van der Waals surface area contributed by atoms with Crippen molar-refractivity contribution in [3.05, 3.63) is 78.8 Å². The number of rotatable bonds is 4. The monoisotopic (exact) mass is 390 g/mol. The third-order valence-corrected chi connectivity index (χ3v) is 4.04. The first-order chi connectivity index (χ1) is 12.8. The quantitative estimate of drug-likeness (QED) is 0.581. The number of ether oxygens (including phenoxy) is 1. The normalized spacial score (nSPS) is 15.9. The van der Waals surface area contributed by atoms with Crippen LogP contribution in [0.25, 0.3) is 0 Å². The predicted molar refractivity (Wildman–Crippen MR) is 94.1 cm³/mol. The summed E-state index contributed by atoms with van der Waals surface area (Å²) in [6.07, 6.45) is -1.06. The van der Waals surface area contributed by atoms with Crippen LogP contribution in [0.2, 0.25) is 5.02 Å². The molecule has 11 heteroatoms. The molecule has 2 aromatic carbocycles. The zero-order valence-electron chi connectivity index (χ0n) is 13.7. The number of benzene rings is 2. The van der Waals surface area contributed by atoms with Crippen molar-refractivity contribution >= 4 is 34.8 Å². The lowest BCUT2D eigenvalue weighted by molar-refractivity contribution is -0.385. The van der Waals surface area contributed by atoms with Gasteiger partial charge in [-0.2, -0.15) is 5.01 Å². The fraction of sp³-hybridized carbons (Fsp3) is 0.125. The van der Waals surface area contributed by atoms with Gasteiger partial charge in [-0.15, -0.1) is 5.10 Å². The van der Waals surface area contributed by atoms with E-state index in [4.69, 9.17) is 16.3 Å². The summed E-state index contributed by atoms with van der Waals surface area (Å²) in [5, 5.41) is 27.0. The van der Waals surface area contributed by atoms with Crippen molar-refractivity contribution in [1.29, 1.82) is 0 Å². The van der Waals surface area contributed by atoms with Gasteiger partial charge in [0.05, 0.1) is 9.85 Å². The summed E-state index contributed by atoms with van der Waals surface area (Å²) in [5.41, 5.74) is 0.0655. The number of amides is 1. The molecule has 1 amide bonds. The number of nitro benzene ring substituents is 2. The zero-order valence-corrected chi connectivity index (χ0v) is 14.5. The van der Waals surface area contributed by atoms with Crippen LogP contribution in [-0.4, -0.2) is 26.7 Å². The number of nitrogens with zero attached hydrogens (tertiary/aromatic N) is 4. The van der Waals surface area contributed by atoms with Gasteiger partial charge in [0.2, 0.25) is 18.0 Å². The molecule has 1 aliphatic rings. The van der Waals surface area contributed by atoms with E-state index >= 15 is 0 Å². The maximum Gasteiger partial charge on any atom is 0.288 e. The number of halogens is 1. The van der Waals surface area contributed by atoms with Crippen LogP contribution in [0.3, 0.4) is 0 Å². The zero-order chi connectivity index (χ0) is 19.7. The van der Waals surface area contributed by atoms with Crippen molar-refractivity contribution in [1.82, 2.24) is 5.01 Å². The Kier molecular flexibility index (Phi) is 4.74. The Bertz CT molecular complexity index is 993. The lowest BCUT2D eigenvalue weighted by atomic mass is 10.1. The van der Waals surface area contributed by atoms with Crippen LogP contribution in [0, 0.1) is 20.2 Å². The van der Waals surface area contributed by atoms with Crippen molar-refractivity contribution in [3.8, 4) is 0 Å². The molecule has 0 aliphatic carbocycles. The molecule has 0 spiro atoms. The van der Waals surface area contributed by atoms with Gasteiger partial charge in [-0.3, -0.25) is 25.0 Å². The molecule has 1 atom stereocenters. The molecule has 138 valence electrons. The lowest BCUT2D eigenvalue weighted by Crippen LogP contribution is -2.25. The van der Waals surface area contributed by atoms with E-state index in [1.807, 2.05) is 0 Å². The molecule has 0 N–H and O–H groups in total. The molecular formula is C16H11ClN4O6. The minimum Gasteiger partial charge on any atom is -0.446 e. The van der Waals surface area contributed by atoms with Crippen LogP contribution in [0.5, 0.6) is 0 Å². The van der Waals surface area contributed by atoms with Gasteiger partial charge in [-0.05, 0) is 12.1 Å². The number of carbonyl (C=O) groups is 1. The van der Waals surface area contributed by atoms with Crippen molar-refractivity contribution in [2.75, 3.05) is 0 Å². The molecule has 0 fully saturated rings. The fourth-order valence-corrected chi connectivity index (χ4v) is 2.66. The Morgan fingerprint density at radius 3 is 2.56 bits per heavy atom. The predicted octanol–water partition coefficient (Wildman–Crippen LogP) is 3.40. The highest BCUT2D eigenvalue weighted by Crippen LogP contribution is 2.34. The molecule has 0 saturated heterocycles. The summed E-state index contributed by atoms with van der Waals surface area (Å²) < 4.78 is 5.68. The Balaban J connectivity index is 1.99. The molecule has 1 unspecified atom stereocenters. The highest BCUT2D eigenvalue weighted by molar-refractivity contribution is 6.32. The Morgan fingerprint density at radius 1 is 1.19 bits per heavy atom. The van der Waals surface area contributed by atoms with Crippen LogP contribution in [0.15, 0.2) is 47.6 Å². The molecular weight excluding hydrogens is 380 g/mol. The van der Waals surface area contributed by atoms with E-state index in [-0.39, 0.29) is 27.9 Å². The summed E-state index contributed by atoms with van der Waals surface area (Å²) in [5.74, 6) is -0.491. The van der Waals surface area contributed by atoms with Gasteiger partial charge in [-0.25, -0.2) is 0 Å². The minimum atomic E-state index is -1.06. The van der Waals surface area contributed by atoms with Crippen LogP contribution in [-0.2, 0) is 9.53 Å². The molecule has 2 aromatic rings. The minimum absolute atomic E-state index is 0.0171.